The number of rotatable bonds is 2. The van der Waals surface area contributed by atoms with Gasteiger partial charge in [0.15, 0.2) is 0 Å². The van der Waals surface area contributed by atoms with E-state index in [9.17, 15) is 4.79 Å². The molecule has 0 heterocycles. The molecule has 0 aromatic heterocycles. The van der Waals surface area contributed by atoms with Crippen molar-refractivity contribution in [2.75, 3.05) is 7.11 Å². The molecule has 0 bridgehead atoms. The van der Waals surface area contributed by atoms with Gasteiger partial charge in [-0.1, -0.05) is 29.8 Å². The Balaban J connectivity index is 2.94. The van der Waals surface area contributed by atoms with E-state index in [1.165, 1.54) is 18.7 Å². The molecule has 1 aromatic rings. The summed E-state index contributed by atoms with van der Waals surface area (Å²) in [6.07, 6.45) is 1.49. The Morgan fingerprint density at radius 2 is 2.14 bits per heavy atom. The van der Waals surface area contributed by atoms with Gasteiger partial charge in [0, 0.05) is 6.08 Å². The molecule has 0 aliphatic heterocycles. The number of methoxy groups -OCH3 is 1. The van der Waals surface area contributed by atoms with Crippen molar-refractivity contribution >= 4 is 11.5 Å². The van der Waals surface area contributed by atoms with Crippen LogP contribution in [-0.4, -0.2) is 13.1 Å². The first-order chi connectivity index (χ1) is 6.63. The Hall–Kier alpha value is -1.57. The zero-order valence-electron chi connectivity index (χ0n) is 8.70. The van der Waals surface area contributed by atoms with Crippen molar-refractivity contribution in [3.05, 3.63) is 41.5 Å². The highest BCUT2D eigenvalue weighted by Crippen LogP contribution is 2.14. The van der Waals surface area contributed by atoms with Gasteiger partial charge in [-0.25, -0.2) is 4.79 Å². The largest absolute Gasteiger partial charge is 0.466 e. The summed E-state index contributed by atoms with van der Waals surface area (Å²) in [7, 11) is 1.38. The van der Waals surface area contributed by atoms with Crippen LogP contribution in [0.15, 0.2) is 30.3 Å². The summed E-state index contributed by atoms with van der Waals surface area (Å²) >= 11 is 0. The molecule has 0 saturated heterocycles. The molecule has 0 atom stereocenters. The van der Waals surface area contributed by atoms with E-state index in [4.69, 9.17) is 0 Å². The molecule has 74 valence electrons. The van der Waals surface area contributed by atoms with Crippen LogP contribution >= 0.6 is 0 Å². The fourth-order valence-corrected chi connectivity index (χ4v) is 1.21. The zero-order chi connectivity index (χ0) is 10.6. The molecular formula is C12H14O2. The van der Waals surface area contributed by atoms with Gasteiger partial charge < -0.3 is 4.74 Å². The van der Waals surface area contributed by atoms with E-state index in [0.717, 1.165) is 11.1 Å². The average molecular weight is 190 g/mol. The van der Waals surface area contributed by atoms with Crippen LogP contribution in [0.2, 0.25) is 0 Å². The number of benzene rings is 1. The number of carbonyl (C=O) groups is 1. The summed E-state index contributed by atoms with van der Waals surface area (Å²) in [5, 5.41) is 0. The number of ether oxygens (including phenoxy) is 1. The molecule has 0 N–H and O–H groups in total. The van der Waals surface area contributed by atoms with Crippen LogP contribution in [0.5, 0.6) is 0 Å². The SMILES string of the molecule is COC(=O)C=C(C)c1cccc(C)c1. The molecule has 0 spiro atoms. The maximum Gasteiger partial charge on any atom is 0.330 e. The molecule has 14 heavy (non-hydrogen) atoms. The number of esters is 1. The molecule has 0 aliphatic rings. The van der Waals surface area contributed by atoms with E-state index >= 15 is 0 Å². The molecule has 1 rings (SSSR count). The van der Waals surface area contributed by atoms with Gasteiger partial charge in [0.1, 0.15) is 0 Å². The van der Waals surface area contributed by atoms with Gasteiger partial charge in [-0.2, -0.15) is 0 Å². The minimum absolute atomic E-state index is 0.316. The first kappa shape index (κ1) is 10.5. The van der Waals surface area contributed by atoms with E-state index in [1.54, 1.807) is 0 Å². The maximum atomic E-state index is 11.0. The summed E-state index contributed by atoms with van der Waals surface area (Å²) in [5.41, 5.74) is 3.15. The second kappa shape index (κ2) is 4.61. The van der Waals surface area contributed by atoms with Crippen molar-refractivity contribution < 1.29 is 9.53 Å². The normalized spacial score (nSPS) is 11.2. The lowest BCUT2D eigenvalue weighted by Gasteiger charge is -2.02. The van der Waals surface area contributed by atoms with Crippen molar-refractivity contribution in [2.45, 2.75) is 13.8 Å². The van der Waals surface area contributed by atoms with Gasteiger partial charge in [0.05, 0.1) is 7.11 Å². The second-order valence-electron chi connectivity index (χ2n) is 3.22. The van der Waals surface area contributed by atoms with Crippen molar-refractivity contribution in [3.8, 4) is 0 Å². The van der Waals surface area contributed by atoms with Crippen LogP contribution in [0.1, 0.15) is 18.1 Å². The topological polar surface area (TPSA) is 26.3 Å². The average Bonchev–Trinajstić information content (AvgIpc) is 2.17. The van der Waals surface area contributed by atoms with E-state index in [0.29, 0.717) is 0 Å². The Labute approximate surface area is 84.2 Å². The minimum atomic E-state index is -0.316. The molecular weight excluding hydrogens is 176 g/mol. The summed E-state index contributed by atoms with van der Waals surface area (Å²) in [4.78, 5) is 11.0. The van der Waals surface area contributed by atoms with Crippen molar-refractivity contribution in [1.29, 1.82) is 0 Å². The molecule has 2 nitrogen and oxygen atoms in total. The highest BCUT2D eigenvalue weighted by molar-refractivity contribution is 5.90. The van der Waals surface area contributed by atoms with Crippen LogP contribution in [0.4, 0.5) is 0 Å². The molecule has 2 heteroatoms. The highest BCUT2D eigenvalue weighted by Gasteiger charge is 1.99. The Bertz CT molecular complexity index is 364. The third kappa shape index (κ3) is 2.73. The summed E-state index contributed by atoms with van der Waals surface area (Å²) < 4.78 is 4.56. The first-order valence-electron chi connectivity index (χ1n) is 4.47. The lowest BCUT2D eigenvalue weighted by Crippen LogP contribution is -1.95. The Morgan fingerprint density at radius 1 is 1.43 bits per heavy atom. The van der Waals surface area contributed by atoms with Gasteiger partial charge in [0.25, 0.3) is 0 Å². The van der Waals surface area contributed by atoms with Gasteiger partial charge in [0.2, 0.25) is 0 Å². The molecule has 0 radical (unpaired) electrons. The molecule has 0 aliphatic carbocycles. The number of aryl methyl sites for hydroxylation is 1. The van der Waals surface area contributed by atoms with Crippen LogP contribution < -0.4 is 0 Å². The van der Waals surface area contributed by atoms with E-state index in [1.807, 2.05) is 38.1 Å². The predicted octanol–water partition coefficient (Wildman–Crippen LogP) is 2.57. The van der Waals surface area contributed by atoms with Crippen LogP contribution in [0, 0.1) is 6.92 Å². The van der Waals surface area contributed by atoms with Gasteiger partial charge >= 0.3 is 5.97 Å². The smallest absolute Gasteiger partial charge is 0.330 e. The van der Waals surface area contributed by atoms with Crippen LogP contribution in [0.25, 0.3) is 5.57 Å². The second-order valence-corrected chi connectivity index (χ2v) is 3.22. The molecule has 1 aromatic carbocycles. The fourth-order valence-electron chi connectivity index (χ4n) is 1.21. The number of carbonyl (C=O) groups excluding carboxylic acids is 1. The van der Waals surface area contributed by atoms with Gasteiger partial charge in [-0.15, -0.1) is 0 Å². The van der Waals surface area contributed by atoms with Gasteiger partial charge in [-0.3, -0.25) is 0 Å². The van der Waals surface area contributed by atoms with Crippen LogP contribution in [-0.2, 0) is 9.53 Å². The molecule has 0 saturated carbocycles. The van der Waals surface area contributed by atoms with Crippen molar-refractivity contribution in [3.63, 3.8) is 0 Å². The van der Waals surface area contributed by atoms with E-state index in [2.05, 4.69) is 4.74 Å². The van der Waals surface area contributed by atoms with E-state index in [-0.39, 0.29) is 5.97 Å². The number of allylic oxidation sites excluding steroid dienone is 1. The third-order valence-corrected chi connectivity index (χ3v) is 2.01. The summed E-state index contributed by atoms with van der Waals surface area (Å²) in [6.45, 7) is 3.92. The highest BCUT2D eigenvalue weighted by atomic mass is 16.5. The number of hydrogen-bond donors (Lipinski definition) is 0. The maximum absolute atomic E-state index is 11.0. The fraction of sp³-hybridized carbons (Fsp3) is 0.250. The number of hydrogen-bond acceptors (Lipinski definition) is 2. The van der Waals surface area contributed by atoms with Crippen molar-refractivity contribution in [1.82, 2.24) is 0 Å². The lowest BCUT2D eigenvalue weighted by molar-refractivity contribution is -0.134. The standard InChI is InChI=1S/C12H14O2/c1-9-5-4-6-11(7-9)10(2)8-12(13)14-3/h4-8H,1-3H3. The molecule has 0 unspecified atom stereocenters. The summed E-state index contributed by atoms with van der Waals surface area (Å²) in [6, 6.07) is 8.00. The molecule has 0 amide bonds. The Kier molecular flexibility index (Phi) is 3.46. The van der Waals surface area contributed by atoms with Crippen molar-refractivity contribution in [2.24, 2.45) is 0 Å². The predicted molar refractivity (Wildman–Crippen MR) is 56.8 cm³/mol. The van der Waals surface area contributed by atoms with Crippen LogP contribution in [0.3, 0.4) is 0 Å². The summed E-state index contributed by atoms with van der Waals surface area (Å²) in [5.74, 6) is -0.316. The minimum Gasteiger partial charge on any atom is -0.466 e. The third-order valence-electron chi connectivity index (χ3n) is 2.01. The monoisotopic (exact) mass is 190 g/mol. The Morgan fingerprint density at radius 3 is 2.71 bits per heavy atom. The molecule has 0 fully saturated rings. The first-order valence-corrected chi connectivity index (χ1v) is 4.47. The lowest BCUT2D eigenvalue weighted by atomic mass is 10.1. The zero-order valence-corrected chi connectivity index (χ0v) is 8.70. The quantitative estimate of drug-likeness (QED) is 0.529. The van der Waals surface area contributed by atoms with Gasteiger partial charge in [-0.05, 0) is 25.0 Å². The van der Waals surface area contributed by atoms with E-state index < -0.39 is 0 Å².